The highest BCUT2D eigenvalue weighted by Gasteiger charge is 2.40. The molecule has 130 valence electrons. The molecular weight excluding hydrogens is 333 g/mol. The van der Waals surface area contributed by atoms with E-state index in [1.165, 1.54) is 18.2 Å². The van der Waals surface area contributed by atoms with Crippen molar-refractivity contribution in [3.05, 3.63) is 74.9 Å². The molecule has 0 amide bonds. The number of hydrogen-bond donors (Lipinski definition) is 2. The number of carbonyl (C=O) groups excluding carboxylic acids is 1. The topological polar surface area (TPSA) is 112 Å². The van der Waals surface area contributed by atoms with Gasteiger partial charge in [0, 0.05) is 11.6 Å². The fourth-order valence-electron chi connectivity index (χ4n) is 2.69. The highest BCUT2D eigenvalue weighted by Crippen LogP contribution is 2.42. The number of carbonyl (C=O) groups is 1. The van der Waals surface area contributed by atoms with Crippen LogP contribution in [-0.2, 0) is 16.1 Å². The lowest BCUT2D eigenvalue weighted by molar-refractivity contribution is -0.136. The minimum atomic E-state index is -1.16. The van der Waals surface area contributed by atoms with Gasteiger partial charge in [-0.3, -0.25) is 4.79 Å². The zero-order valence-corrected chi connectivity index (χ0v) is 13.1. The summed E-state index contributed by atoms with van der Waals surface area (Å²) in [5.74, 6) is -3.47. The second kappa shape index (κ2) is 6.40. The molecule has 0 bridgehead atoms. The summed E-state index contributed by atoms with van der Waals surface area (Å²) < 4.78 is 29.8. The molecule has 1 aromatic carbocycles. The van der Waals surface area contributed by atoms with E-state index in [0.717, 1.165) is 13.2 Å². The van der Waals surface area contributed by atoms with Gasteiger partial charge in [0.15, 0.2) is 5.76 Å². The first-order valence-corrected chi connectivity index (χ1v) is 7.26. The Bertz CT molecular complexity index is 933. The van der Waals surface area contributed by atoms with Gasteiger partial charge in [-0.1, -0.05) is 18.2 Å². The number of ether oxygens (including phenoxy) is 2. The summed E-state index contributed by atoms with van der Waals surface area (Å²) in [7, 11) is 1.14. The van der Waals surface area contributed by atoms with E-state index >= 15 is 0 Å². The normalized spacial score (nSPS) is 16.2. The Kier molecular flexibility index (Phi) is 4.28. The SMILES string of the molecule is COC(=O)C1=C(N)Oc2c(oc(CO)cc2=O)[C@@H]1c1ccccc1F. The molecule has 8 heteroatoms. The molecule has 7 nitrogen and oxygen atoms in total. The van der Waals surface area contributed by atoms with E-state index in [1.54, 1.807) is 6.07 Å². The van der Waals surface area contributed by atoms with E-state index in [1.807, 2.05) is 0 Å². The zero-order valence-electron chi connectivity index (χ0n) is 13.1. The maximum atomic E-state index is 14.4. The summed E-state index contributed by atoms with van der Waals surface area (Å²) >= 11 is 0. The van der Waals surface area contributed by atoms with Gasteiger partial charge in [-0.25, -0.2) is 9.18 Å². The van der Waals surface area contributed by atoms with Crippen LogP contribution in [0, 0.1) is 5.82 Å². The molecule has 0 radical (unpaired) electrons. The predicted molar refractivity (Wildman–Crippen MR) is 83.0 cm³/mol. The van der Waals surface area contributed by atoms with Crippen LogP contribution in [0.1, 0.15) is 23.0 Å². The number of halogens is 1. The molecule has 0 spiro atoms. The van der Waals surface area contributed by atoms with Gasteiger partial charge in [0.05, 0.1) is 13.0 Å². The summed E-state index contributed by atoms with van der Waals surface area (Å²) in [6.45, 7) is -0.556. The largest absolute Gasteiger partial charge is 0.465 e. The number of fused-ring (bicyclic) bond motifs is 1. The average molecular weight is 347 g/mol. The molecular formula is C17H14FNO6. The quantitative estimate of drug-likeness (QED) is 0.801. The van der Waals surface area contributed by atoms with Crippen molar-refractivity contribution in [3.8, 4) is 5.75 Å². The summed E-state index contributed by atoms with van der Waals surface area (Å²) in [6.07, 6.45) is 0. The van der Waals surface area contributed by atoms with Gasteiger partial charge < -0.3 is 24.7 Å². The highest BCUT2D eigenvalue weighted by atomic mass is 19.1. The van der Waals surface area contributed by atoms with E-state index in [4.69, 9.17) is 19.6 Å². The molecule has 0 fully saturated rings. The van der Waals surface area contributed by atoms with E-state index in [-0.39, 0.29) is 34.3 Å². The second-order valence-corrected chi connectivity index (χ2v) is 5.25. The standard InChI is InChI=1S/C17H14FNO6/c1-23-17(22)13-12(9-4-2-3-5-10(9)18)15-14(25-16(13)19)11(21)6-8(7-20)24-15/h2-6,12,20H,7,19H2,1H3/t12-/m1/s1. The number of esters is 1. The van der Waals surface area contributed by atoms with Crippen molar-refractivity contribution in [1.29, 1.82) is 0 Å². The third-order valence-electron chi connectivity index (χ3n) is 3.79. The molecule has 3 N–H and O–H groups in total. The van der Waals surface area contributed by atoms with Crippen molar-refractivity contribution < 1.29 is 28.2 Å². The van der Waals surface area contributed by atoms with Gasteiger partial charge in [-0.2, -0.15) is 0 Å². The number of benzene rings is 1. The lowest BCUT2D eigenvalue weighted by Crippen LogP contribution is -2.30. The number of hydrogen-bond acceptors (Lipinski definition) is 7. The minimum Gasteiger partial charge on any atom is -0.465 e. The van der Waals surface area contributed by atoms with Gasteiger partial charge in [0.25, 0.3) is 0 Å². The maximum absolute atomic E-state index is 14.4. The number of rotatable bonds is 3. The van der Waals surface area contributed by atoms with Gasteiger partial charge in [0.2, 0.25) is 17.1 Å². The Labute approximate surface area is 141 Å². The Morgan fingerprint density at radius 3 is 2.76 bits per heavy atom. The molecule has 1 aliphatic rings. The molecule has 0 saturated carbocycles. The van der Waals surface area contributed by atoms with Gasteiger partial charge in [-0.05, 0) is 6.07 Å². The van der Waals surface area contributed by atoms with E-state index in [2.05, 4.69) is 0 Å². The molecule has 1 aromatic heterocycles. The van der Waals surface area contributed by atoms with Crippen molar-refractivity contribution in [2.45, 2.75) is 12.5 Å². The lowest BCUT2D eigenvalue weighted by Gasteiger charge is -2.26. The smallest absolute Gasteiger partial charge is 0.340 e. The fourth-order valence-corrected chi connectivity index (χ4v) is 2.69. The fraction of sp³-hybridized carbons (Fsp3) is 0.176. The Morgan fingerprint density at radius 2 is 2.12 bits per heavy atom. The van der Waals surface area contributed by atoms with Crippen molar-refractivity contribution in [2.24, 2.45) is 5.73 Å². The number of methoxy groups -OCH3 is 1. The molecule has 1 aliphatic heterocycles. The van der Waals surface area contributed by atoms with Crippen LogP contribution in [0.4, 0.5) is 4.39 Å². The molecule has 3 rings (SSSR count). The van der Waals surface area contributed by atoms with Crippen LogP contribution >= 0.6 is 0 Å². The van der Waals surface area contributed by atoms with Crippen LogP contribution in [0.15, 0.2) is 51.0 Å². The van der Waals surface area contributed by atoms with Gasteiger partial charge in [-0.15, -0.1) is 0 Å². The minimum absolute atomic E-state index is 0.0497. The molecule has 0 unspecified atom stereocenters. The van der Waals surface area contributed by atoms with Gasteiger partial charge in [0.1, 0.15) is 23.8 Å². The van der Waals surface area contributed by atoms with Crippen LogP contribution in [0.5, 0.6) is 5.75 Å². The van der Waals surface area contributed by atoms with Crippen molar-refractivity contribution in [3.63, 3.8) is 0 Å². The van der Waals surface area contributed by atoms with Crippen LogP contribution in [0.2, 0.25) is 0 Å². The summed E-state index contributed by atoms with van der Waals surface area (Å²) in [6, 6.07) is 6.70. The monoisotopic (exact) mass is 347 g/mol. The number of aliphatic hydroxyl groups is 1. The highest BCUT2D eigenvalue weighted by molar-refractivity contribution is 5.92. The number of aliphatic hydroxyl groups excluding tert-OH is 1. The van der Waals surface area contributed by atoms with Gasteiger partial charge >= 0.3 is 5.97 Å². The van der Waals surface area contributed by atoms with Crippen LogP contribution < -0.4 is 15.9 Å². The predicted octanol–water partition coefficient (Wildman–Crippen LogP) is 1.14. The Hall–Kier alpha value is -3.13. The van der Waals surface area contributed by atoms with Crippen molar-refractivity contribution in [2.75, 3.05) is 7.11 Å². The molecule has 1 atom stereocenters. The zero-order chi connectivity index (χ0) is 18.1. The average Bonchev–Trinajstić information content (AvgIpc) is 2.61. The van der Waals surface area contributed by atoms with E-state index in [0.29, 0.717) is 0 Å². The lowest BCUT2D eigenvalue weighted by atomic mass is 9.86. The van der Waals surface area contributed by atoms with E-state index < -0.39 is 29.7 Å². The third kappa shape index (κ3) is 2.76. The Morgan fingerprint density at radius 1 is 1.40 bits per heavy atom. The molecule has 2 aromatic rings. The second-order valence-electron chi connectivity index (χ2n) is 5.25. The first-order chi connectivity index (χ1) is 12.0. The van der Waals surface area contributed by atoms with E-state index in [9.17, 15) is 19.1 Å². The van der Waals surface area contributed by atoms with Crippen molar-refractivity contribution in [1.82, 2.24) is 0 Å². The van der Waals surface area contributed by atoms with Crippen molar-refractivity contribution >= 4 is 5.97 Å². The maximum Gasteiger partial charge on any atom is 0.340 e. The molecule has 2 heterocycles. The number of nitrogens with two attached hydrogens (primary N) is 1. The summed E-state index contributed by atoms with van der Waals surface area (Å²) in [5, 5.41) is 9.27. The molecule has 0 aliphatic carbocycles. The molecule has 0 saturated heterocycles. The van der Waals surface area contributed by atoms with Crippen LogP contribution in [-0.4, -0.2) is 18.2 Å². The summed E-state index contributed by atoms with van der Waals surface area (Å²) in [4.78, 5) is 24.4. The first-order valence-electron chi connectivity index (χ1n) is 7.26. The first kappa shape index (κ1) is 16.7. The van der Waals surface area contributed by atoms with Crippen LogP contribution in [0.3, 0.4) is 0 Å². The molecule has 25 heavy (non-hydrogen) atoms. The van der Waals surface area contributed by atoms with Crippen LogP contribution in [0.25, 0.3) is 0 Å². The Balaban J connectivity index is 2.34. The summed E-state index contributed by atoms with van der Waals surface area (Å²) in [5.41, 5.74) is 5.03. The third-order valence-corrected chi connectivity index (χ3v) is 3.79.